The smallest absolute Gasteiger partial charge is 0.163 e. The average Bonchev–Trinajstić information content (AvgIpc) is 3.47. The van der Waals surface area contributed by atoms with Crippen molar-refractivity contribution >= 4 is 11.8 Å². The van der Waals surface area contributed by atoms with E-state index in [0.29, 0.717) is 6.61 Å². The summed E-state index contributed by atoms with van der Waals surface area (Å²) in [5.74, 6) is 0.265. The van der Waals surface area contributed by atoms with Gasteiger partial charge >= 0.3 is 0 Å². The molecule has 5 nitrogen and oxygen atoms in total. The zero-order valence-electron chi connectivity index (χ0n) is 24.7. The van der Waals surface area contributed by atoms with Crippen LogP contribution in [-0.4, -0.2) is 48.5 Å². The number of hydrogen-bond donors (Lipinski definition) is 0. The van der Waals surface area contributed by atoms with Crippen LogP contribution in [0.25, 0.3) is 0 Å². The number of methoxy groups -OCH3 is 1. The lowest BCUT2D eigenvalue weighted by Gasteiger charge is -2.34. The maximum absolute atomic E-state index is 6.63. The van der Waals surface area contributed by atoms with Gasteiger partial charge in [-0.3, -0.25) is 0 Å². The average molecular weight is 548 g/mol. The van der Waals surface area contributed by atoms with Crippen LogP contribution in [0.15, 0.2) is 35.9 Å². The Balaban J connectivity index is 1.46. The maximum Gasteiger partial charge on any atom is 0.163 e. The molecule has 0 aromatic heterocycles. The predicted octanol–water partition coefficient (Wildman–Crippen LogP) is 8.67. The van der Waals surface area contributed by atoms with E-state index in [1.807, 2.05) is 26.0 Å². The van der Waals surface area contributed by atoms with Crippen LogP contribution in [-0.2, 0) is 20.8 Å². The third kappa shape index (κ3) is 10.4. The molecule has 0 aliphatic carbocycles. The summed E-state index contributed by atoms with van der Waals surface area (Å²) in [5, 5.41) is 2.32. The molecule has 1 unspecified atom stereocenters. The zero-order valence-corrected chi connectivity index (χ0v) is 25.5. The second-order valence-electron chi connectivity index (χ2n) is 11.4. The molecule has 3 rings (SSSR count). The highest BCUT2D eigenvalue weighted by Crippen LogP contribution is 2.39. The minimum Gasteiger partial charge on any atom is -0.497 e. The molecule has 0 bridgehead atoms. The summed E-state index contributed by atoms with van der Waals surface area (Å²) in [6.45, 7) is 6.89. The molecule has 0 N–H and O–H groups in total. The Hall–Kier alpha value is -1.21. The van der Waals surface area contributed by atoms with Gasteiger partial charge < -0.3 is 23.8 Å². The molecule has 2 aliphatic rings. The Bertz CT molecular complexity index is 799. The van der Waals surface area contributed by atoms with Gasteiger partial charge in [-0.15, -0.1) is 11.8 Å². The molecular weight excluding hydrogens is 494 g/mol. The van der Waals surface area contributed by atoms with Gasteiger partial charge in [-0.25, -0.2) is 0 Å². The summed E-state index contributed by atoms with van der Waals surface area (Å²) in [5.41, 5.74) is 1.13. The molecule has 0 radical (unpaired) electrons. The van der Waals surface area contributed by atoms with Gasteiger partial charge in [0, 0.05) is 13.2 Å². The van der Waals surface area contributed by atoms with Crippen molar-refractivity contribution in [3.8, 4) is 5.75 Å². The van der Waals surface area contributed by atoms with Crippen LogP contribution in [0.1, 0.15) is 110 Å². The lowest BCUT2D eigenvalue weighted by atomic mass is 10.00. The van der Waals surface area contributed by atoms with E-state index < -0.39 is 5.79 Å². The Morgan fingerprint density at radius 3 is 2.05 bits per heavy atom. The van der Waals surface area contributed by atoms with Crippen LogP contribution in [0.4, 0.5) is 0 Å². The normalized spacial score (nSPS) is 23.3. The molecule has 0 saturated carbocycles. The largest absolute Gasteiger partial charge is 0.497 e. The fourth-order valence-corrected chi connectivity index (χ4v) is 6.58. The molecule has 2 aliphatic heterocycles. The van der Waals surface area contributed by atoms with Crippen molar-refractivity contribution in [2.45, 2.75) is 140 Å². The van der Waals surface area contributed by atoms with Gasteiger partial charge in [0.2, 0.25) is 0 Å². The highest BCUT2D eigenvalue weighted by Gasteiger charge is 2.48. The van der Waals surface area contributed by atoms with Gasteiger partial charge in [0.1, 0.15) is 23.3 Å². The summed E-state index contributed by atoms with van der Waals surface area (Å²) in [4.78, 5) is 2.24. The SMILES string of the molecule is CCCCCCCCCCCCCC[C@H]1OC(C)(C)O[C@H]1[C@H](OCc1ccc(OC)cc1)C1SC=CN1C. The first-order valence-corrected chi connectivity index (χ1v) is 16.0. The van der Waals surface area contributed by atoms with Crippen molar-refractivity contribution in [2.75, 3.05) is 14.2 Å². The van der Waals surface area contributed by atoms with E-state index in [1.54, 1.807) is 18.9 Å². The monoisotopic (exact) mass is 547 g/mol. The number of unbranched alkanes of at least 4 members (excludes halogenated alkanes) is 11. The van der Waals surface area contributed by atoms with Gasteiger partial charge in [-0.2, -0.15) is 0 Å². The highest BCUT2D eigenvalue weighted by molar-refractivity contribution is 8.02. The second-order valence-corrected chi connectivity index (χ2v) is 12.4. The molecule has 0 amide bonds. The van der Waals surface area contributed by atoms with Crippen LogP contribution in [0.2, 0.25) is 0 Å². The van der Waals surface area contributed by atoms with Crippen molar-refractivity contribution in [1.29, 1.82) is 0 Å². The quantitative estimate of drug-likeness (QED) is 0.161. The Labute approximate surface area is 237 Å². The molecule has 0 spiro atoms. The van der Waals surface area contributed by atoms with Crippen molar-refractivity contribution in [3.63, 3.8) is 0 Å². The molecule has 4 atom stereocenters. The molecule has 216 valence electrons. The van der Waals surface area contributed by atoms with Crippen LogP contribution in [0.5, 0.6) is 5.75 Å². The standard InChI is InChI=1S/C32H53NO4S/c1-6-7-8-9-10-11-12-13-14-15-16-17-18-28-29(37-32(2,3)36-28)30(31-33(4)23-24-38-31)35-25-26-19-21-27(34-5)22-20-26/h19-24,28-31H,6-18,25H2,1-5H3/t28-,29-,30+,31?/m1/s1. The van der Waals surface area contributed by atoms with E-state index in [9.17, 15) is 0 Å². The summed E-state index contributed by atoms with van der Waals surface area (Å²) in [7, 11) is 3.81. The van der Waals surface area contributed by atoms with Crippen LogP contribution >= 0.6 is 11.8 Å². The van der Waals surface area contributed by atoms with Crippen molar-refractivity contribution < 1.29 is 18.9 Å². The molecule has 38 heavy (non-hydrogen) atoms. The topological polar surface area (TPSA) is 40.2 Å². The zero-order chi connectivity index (χ0) is 27.2. The maximum atomic E-state index is 6.63. The first kappa shape index (κ1) is 31.3. The van der Waals surface area contributed by atoms with Gasteiger partial charge in [0.05, 0.1) is 19.8 Å². The highest BCUT2D eigenvalue weighted by atomic mass is 32.2. The molecule has 6 heteroatoms. The van der Waals surface area contributed by atoms with Crippen molar-refractivity contribution in [3.05, 3.63) is 41.4 Å². The predicted molar refractivity (Wildman–Crippen MR) is 159 cm³/mol. The Morgan fingerprint density at radius 2 is 1.50 bits per heavy atom. The van der Waals surface area contributed by atoms with Gasteiger partial charge in [-0.05, 0) is 43.4 Å². The fraction of sp³-hybridized carbons (Fsp3) is 0.750. The minimum atomic E-state index is -0.594. The fourth-order valence-electron chi connectivity index (χ4n) is 5.51. The third-order valence-electron chi connectivity index (χ3n) is 7.69. The molecular formula is C32H53NO4S. The molecule has 1 saturated heterocycles. The summed E-state index contributed by atoms with van der Waals surface area (Å²) in [6.07, 6.45) is 19.3. The van der Waals surface area contributed by atoms with Crippen molar-refractivity contribution in [2.24, 2.45) is 0 Å². The van der Waals surface area contributed by atoms with Gasteiger partial charge in [0.25, 0.3) is 0 Å². The third-order valence-corrected chi connectivity index (χ3v) is 8.84. The van der Waals surface area contributed by atoms with E-state index in [-0.39, 0.29) is 23.7 Å². The number of hydrogen-bond acceptors (Lipinski definition) is 6. The number of rotatable bonds is 19. The Kier molecular flexibility index (Phi) is 13.8. The first-order chi connectivity index (χ1) is 18.4. The number of likely N-dealkylation sites (N-methyl/N-ethyl adjacent to an activating group) is 1. The van der Waals surface area contributed by atoms with E-state index in [4.69, 9.17) is 18.9 Å². The van der Waals surface area contributed by atoms with Crippen LogP contribution in [0, 0.1) is 0 Å². The minimum absolute atomic E-state index is 0.0450. The number of nitrogens with zero attached hydrogens (tertiary/aromatic N) is 1. The number of thioether (sulfide) groups is 1. The summed E-state index contributed by atoms with van der Waals surface area (Å²) < 4.78 is 24.9. The van der Waals surface area contributed by atoms with E-state index in [0.717, 1.165) is 17.7 Å². The van der Waals surface area contributed by atoms with Crippen LogP contribution < -0.4 is 4.74 Å². The molecule has 2 heterocycles. The molecule has 1 fully saturated rings. The molecule has 1 aromatic carbocycles. The Morgan fingerprint density at radius 1 is 0.895 bits per heavy atom. The van der Waals surface area contributed by atoms with Gasteiger partial charge in [-0.1, -0.05) is 96.1 Å². The number of ether oxygens (including phenoxy) is 4. The van der Waals surface area contributed by atoms with E-state index in [1.165, 1.54) is 77.0 Å². The lowest BCUT2D eigenvalue weighted by Crippen LogP contribution is -2.47. The second kappa shape index (κ2) is 16.8. The van der Waals surface area contributed by atoms with E-state index in [2.05, 4.69) is 42.6 Å². The van der Waals surface area contributed by atoms with Gasteiger partial charge in [0.15, 0.2) is 5.79 Å². The number of benzene rings is 1. The first-order valence-electron chi connectivity index (χ1n) is 15.1. The summed E-state index contributed by atoms with van der Waals surface area (Å²) >= 11 is 1.80. The summed E-state index contributed by atoms with van der Waals surface area (Å²) in [6, 6.07) is 8.11. The van der Waals surface area contributed by atoms with Crippen LogP contribution in [0.3, 0.4) is 0 Å². The lowest BCUT2D eigenvalue weighted by molar-refractivity contribution is -0.162. The van der Waals surface area contributed by atoms with E-state index >= 15 is 0 Å². The van der Waals surface area contributed by atoms with Crippen molar-refractivity contribution in [1.82, 2.24) is 4.90 Å². The molecule has 1 aromatic rings.